The van der Waals surface area contributed by atoms with Gasteiger partial charge in [-0.2, -0.15) is 0 Å². The molecule has 0 amide bonds. The number of unbranched alkanes of at least 4 members (excludes halogenated alkanes) is 5. The van der Waals surface area contributed by atoms with Crippen LogP contribution in [0.2, 0.25) is 0 Å². The highest BCUT2D eigenvalue weighted by molar-refractivity contribution is 6.06. The molecule has 5 nitrogen and oxygen atoms in total. The lowest BCUT2D eigenvalue weighted by Crippen LogP contribution is -2.57. The maximum Gasteiger partial charge on any atom is 0.300 e. The Morgan fingerprint density at radius 3 is 2.20 bits per heavy atom. The number of rotatable bonds is 10. The molecule has 140 valence electrons. The highest BCUT2D eigenvalue weighted by atomic mass is 16.8. The van der Waals surface area contributed by atoms with Crippen molar-refractivity contribution < 1.29 is 14.7 Å². The molecule has 1 aromatic carbocycles. The van der Waals surface area contributed by atoms with E-state index >= 15 is 0 Å². The number of ether oxygens (including phenoxy) is 2. The minimum absolute atomic E-state index is 0.606. The van der Waals surface area contributed by atoms with E-state index in [1.54, 1.807) is 0 Å². The normalized spacial score (nSPS) is 23.0. The number of nitrogens with zero attached hydrogens (tertiary/aromatic N) is 2. The number of hydrogen-bond donors (Lipinski definition) is 1. The zero-order valence-corrected chi connectivity index (χ0v) is 16.0. The van der Waals surface area contributed by atoms with Gasteiger partial charge in [0.25, 0.3) is 5.91 Å². The van der Waals surface area contributed by atoms with Gasteiger partial charge in [-0.05, 0) is 19.8 Å². The second kappa shape index (κ2) is 8.90. The van der Waals surface area contributed by atoms with Gasteiger partial charge in [0.15, 0.2) is 0 Å². The van der Waals surface area contributed by atoms with Crippen LogP contribution >= 0.6 is 0 Å². The first-order chi connectivity index (χ1) is 12.0. The van der Waals surface area contributed by atoms with Crippen LogP contribution in [0.5, 0.6) is 0 Å². The van der Waals surface area contributed by atoms with Gasteiger partial charge in [0.2, 0.25) is 0 Å². The molecule has 1 aromatic rings. The molecule has 5 heteroatoms. The Labute approximate surface area is 151 Å². The van der Waals surface area contributed by atoms with Gasteiger partial charge in [-0.15, -0.1) is 5.06 Å². The van der Waals surface area contributed by atoms with Crippen LogP contribution in [0.25, 0.3) is 0 Å². The highest BCUT2D eigenvalue weighted by Crippen LogP contribution is 2.40. The van der Waals surface area contributed by atoms with E-state index in [9.17, 15) is 5.21 Å². The van der Waals surface area contributed by atoms with E-state index in [2.05, 4.69) is 6.92 Å². The number of hydrogen-bond acceptors (Lipinski definition) is 5. The van der Waals surface area contributed by atoms with E-state index in [4.69, 9.17) is 14.5 Å². The third-order valence-corrected chi connectivity index (χ3v) is 4.99. The first kappa shape index (κ1) is 20.0. The summed E-state index contributed by atoms with van der Waals surface area (Å²) in [4.78, 5) is 4.84. The van der Waals surface area contributed by atoms with Crippen molar-refractivity contribution >= 4 is 5.71 Å². The summed E-state index contributed by atoms with van der Waals surface area (Å²) in [5.41, 5.74) is 0.730. The highest BCUT2D eigenvalue weighted by Gasteiger charge is 2.57. The van der Waals surface area contributed by atoms with Gasteiger partial charge in [-0.1, -0.05) is 69.4 Å². The molecular formula is C20H32N2O3. The number of aliphatic imine (C=N–C) groups is 1. The molecule has 1 heterocycles. The molecule has 2 rings (SSSR count). The standard InChI is InChI=1S/C20H32N2O3/c1-5-6-7-8-9-13-16-19(2)21-18(17-14-11-10-12-15-17)20(24-3,25-4)22(19)23/h10-12,14-15,23H,5-9,13,16H2,1-4H3. The van der Waals surface area contributed by atoms with E-state index in [1.165, 1.54) is 39.9 Å². The van der Waals surface area contributed by atoms with Crippen LogP contribution in [0.15, 0.2) is 35.3 Å². The Hall–Kier alpha value is -1.27. The lowest BCUT2D eigenvalue weighted by Gasteiger charge is -2.38. The summed E-state index contributed by atoms with van der Waals surface area (Å²) in [6, 6.07) is 9.75. The lowest BCUT2D eigenvalue weighted by molar-refractivity contribution is -0.362. The van der Waals surface area contributed by atoms with Gasteiger partial charge < -0.3 is 14.7 Å². The Morgan fingerprint density at radius 1 is 1.00 bits per heavy atom. The third-order valence-electron chi connectivity index (χ3n) is 4.99. The number of benzene rings is 1. The maximum atomic E-state index is 10.9. The smallest absolute Gasteiger partial charge is 0.300 e. The predicted octanol–water partition coefficient (Wildman–Crippen LogP) is 4.59. The monoisotopic (exact) mass is 348 g/mol. The van der Waals surface area contributed by atoms with Gasteiger partial charge in [-0.25, -0.2) is 0 Å². The largest absolute Gasteiger partial charge is 0.334 e. The maximum absolute atomic E-state index is 10.9. The first-order valence-electron chi connectivity index (χ1n) is 9.29. The zero-order valence-electron chi connectivity index (χ0n) is 16.0. The fourth-order valence-electron chi connectivity index (χ4n) is 3.47. The van der Waals surface area contributed by atoms with Crippen molar-refractivity contribution in [3.63, 3.8) is 0 Å². The Balaban J connectivity index is 2.17. The Kier molecular flexibility index (Phi) is 7.14. The summed E-state index contributed by atoms with van der Waals surface area (Å²) in [7, 11) is 3.06. The molecule has 0 spiro atoms. The molecule has 0 saturated carbocycles. The van der Waals surface area contributed by atoms with Crippen LogP contribution in [0.4, 0.5) is 0 Å². The van der Waals surface area contributed by atoms with Crippen LogP contribution in [0.1, 0.15) is 64.4 Å². The fourth-order valence-corrected chi connectivity index (χ4v) is 3.47. The second-order valence-electron chi connectivity index (χ2n) is 6.86. The lowest BCUT2D eigenvalue weighted by atomic mass is 10.0. The van der Waals surface area contributed by atoms with Gasteiger partial charge in [0, 0.05) is 19.8 Å². The number of methoxy groups -OCH3 is 2. The predicted molar refractivity (Wildman–Crippen MR) is 99.8 cm³/mol. The third kappa shape index (κ3) is 4.11. The molecule has 0 fully saturated rings. The van der Waals surface area contributed by atoms with Crippen LogP contribution in [0.3, 0.4) is 0 Å². The van der Waals surface area contributed by atoms with E-state index in [1.807, 2.05) is 37.3 Å². The molecule has 1 aliphatic heterocycles. The van der Waals surface area contributed by atoms with E-state index in [0.717, 1.165) is 29.9 Å². The zero-order chi connectivity index (χ0) is 18.3. The van der Waals surface area contributed by atoms with Gasteiger partial charge in [-0.3, -0.25) is 4.99 Å². The summed E-state index contributed by atoms with van der Waals surface area (Å²) < 4.78 is 11.2. The molecule has 0 aliphatic carbocycles. The Morgan fingerprint density at radius 2 is 1.60 bits per heavy atom. The molecule has 1 unspecified atom stereocenters. The molecule has 0 saturated heterocycles. The summed E-state index contributed by atoms with van der Waals surface area (Å²) in [5.74, 6) is -1.38. The SMILES string of the molecule is CCCCCCCCC1(C)N=C(c2ccccc2)C(OC)(OC)N1O. The van der Waals surface area contributed by atoms with Gasteiger partial charge >= 0.3 is 0 Å². The average molecular weight is 348 g/mol. The van der Waals surface area contributed by atoms with E-state index in [-0.39, 0.29) is 0 Å². The van der Waals surface area contributed by atoms with Crippen LogP contribution in [0, 0.1) is 0 Å². The van der Waals surface area contributed by atoms with Gasteiger partial charge in [0.05, 0.1) is 0 Å². The van der Waals surface area contributed by atoms with Crippen LogP contribution < -0.4 is 0 Å². The molecule has 0 aromatic heterocycles. The number of hydroxylamine groups is 2. The first-order valence-corrected chi connectivity index (χ1v) is 9.29. The molecule has 1 aliphatic rings. The van der Waals surface area contributed by atoms with Crippen molar-refractivity contribution in [3.05, 3.63) is 35.9 Å². The quantitative estimate of drug-likeness (QED) is 0.496. The van der Waals surface area contributed by atoms with Crippen molar-refractivity contribution in [2.75, 3.05) is 14.2 Å². The van der Waals surface area contributed by atoms with Crippen molar-refractivity contribution in [1.82, 2.24) is 5.06 Å². The van der Waals surface area contributed by atoms with Crippen molar-refractivity contribution in [2.24, 2.45) is 4.99 Å². The molecule has 1 N–H and O–H groups in total. The summed E-state index contributed by atoms with van der Waals surface area (Å²) in [6.07, 6.45) is 7.94. The van der Waals surface area contributed by atoms with Crippen molar-refractivity contribution in [1.29, 1.82) is 0 Å². The summed E-state index contributed by atoms with van der Waals surface area (Å²) in [5, 5.41) is 12.0. The molecule has 25 heavy (non-hydrogen) atoms. The van der Waals surface area contributed by atoms with Crippen LogP contribution in [-0.2, 0) is 9.47 Å². The fraction of sp³-hybridized carbons (Fsp3) is 0.650. The van der Waals surface area contributed by atoms with E-state index < -0.39 is 11.6 Å². The molecule has 1 atom stereocenters. The van der Waals surface area contributed by atoms with Crippen molar-refractivity contribution in [2.45, 2.75) is 70.4 Å². The summed E-state index contributed by atoms with van der Waals surface area (Å²) >= 11 is 0. The Bertz CT molecular complexity index is 557. The molecular weight excluding hydrogens is 316 g/mol. The minimum Gasteiger partial charge on any atom is -0.334 e. The second-order valence-corrected chi connectivity index (χ2v) is 6.86. The van der Waals surface area contributed by atoms with E-state index in [0.29, 0.717) is 5.71 Å². The van der Waals surface area contributed by atoms with Crippen molar-refractivity contribution in [3.8, 4) is 0 Å². The minimum atomic E-state index is -1.38. The summed E-state index contributed by atoms with van der Waals surface area (Å²) in [6.45, 7) is 4.15. The van der Waals surface area contributed by atoms with Gasteiger partial charge in [0.1, 0.15) is 11.4 Å². The average Bonchev–Trinajstić information content (AvgIpc) is 2.87. The molecule has 0 radical (unpaired) electrons. The topological polar surface area (TPSA) is 54.3 Å². The molecule has 0 bridgehead atoms. The van der Waals surface area contributed by atoms with Crippen LogP contribution in [-0.4, -0.2) is 41.8 Å².